The van der Waals surface area contributed by atoms with E-state index in [2.05, 4.69) is 51.7 Å². The second-order valence-corrected chi connectivity index (χ2v) is 7.70. The molecule has 1 aromatic heterocycles. The van der Waals surface area contributed by atoms with Crippen LogP contribution in [0.25, 0.3) is 0 Å². The third-order valence-corrected chi connectivity index (χ3v) is 5.56. The molecule has 2 aromatic rings. The summed E-state index contributed by atoms with van der Waals surface area (Å²) in [5.74, 6) is 0.830. The number of carbonyl (C=O) groups excluding carboxylic acids is 2. The Kier molecular flexibility index (Phi) is 5.80. The molecular formula is C21H28N6O2. The summed E-state index contributed by atoms with van der Waals surface area (Å²) in [5, 5.41) is 5.69. The second-order valence-electron chi connectivity index (χ2n) is 7.70. The first-order valence-electron chi connectivity index (χ1n) is 10.2. The number of urea groups is 1. The second kappa shape index (κ2) is 8.65. The van der Waals surface area contributed by atoms with Crippen molar-refractivity contribution in [2.75, 3.05) is 39.3 Å². The van der Waals surface area contributed by atoms with Crippen LogP contribution in [0.4, 0.5) is 4.79 Å². The van der Waals surface area contributed by atoms with E-state index in [1.807, 2.05) is 4.57 Å². The normalized spacial score (nSPS) is 17.0. The average Bonchev–Trinajstić information content (AvgIpc) is 3.24. The summed E-state index contributed by atoms with van der Waals surface area (Å²) < 4.78 is 2.04. The van der Waals surface area contributed by atoms with Crippen molar-refractivity contribution in [2.45, 2.75) is 26.4 Å². The predicted octanol–water partition coefficient (Wildman–Crippen LogP) is 1.00. The van der Waals surface area contributed by atoms with Crippen molar-refractivity contribution in [2.24, 2.45) is 0 Å². The Hall–Kier alpha value is -2.87. The molecule has 8 nitrogen and oxygen atoms in total. The van der Waals surface area contributed by atoms with E-state index in [9.17, 15) is 9.59 Å². The van der Waals surface area contributed by atoms with Gasteiger partial charge in [-0.15, -0.1) is 0 Å². The molecule has 1 aromatic carbocycles. The maximum Gasteiger partial charge on any atom is 0.317 e. The van der Waals surface area contributed by atoms with Crippen molar-refractivity contribution in [1.82, 2.24) is 30.0 Å². The summed E-state index contributed by atoms with van der Waals surface area (Å²) in [5.41, 5.74) is 3.19. The number of hydrogen-bond donors (Lipinski definition) is 2. The molecule has 2 aliphatic rings. The Labute approximate surface area is 170 Å². The van der Waals surface area contributed by atoms with Crippen LogP contribution in [0.15, 0.2) is 30.5 Å². The van der Waals surface area contributed by atoms with E-state index in [1.165, 1.54) is 11.1 Å². The molecule has 154 valence electrons. The monoisotopic (exact) mass is 396 g/mol. The number of aromatic nitrogens is 2. The fraction of sp³-hybridized carbons (Fsp3) is 0.476. The third kappa shape index (κ3) is 4.59. The highest BCUT2D eigenvalue weighted by Gasteiger charge is 2.22. The van der Waals surface area contributed by atoms with Crippen LogP contribution in [0, 0.1) is 6.92 Å². The van der Waals surface area contributed by atoms with Gasteiger partial charge in [-0.1, -0.05) is 29.8 Å². The van der Waals surface area contributed by atoms with E-state index < -0.39 is 0 Å². The van der Waals surface area contributed by atoms with Gasteiger partial charge in [0.2, 0.25) is 0 Å². The van der Waals surface area contributed by atoms with Crippen LogP contribution in [0.2, 0.25) is 0 Å². The van der Waals surface area contributed by atoms with Gasteiger partial charge >= 0.3 is 6.03 Å². The van der Waals surface area contributed by atoms with Crippen LogP contribution < -0.4 is 10.6 Å². The quantitative estimate of drug-likeness (QED) is 0.763. The molecule has 4 rings (SSSR count). The minimum absolute atomic E-state index is 0.0637. The molecule has 3 amide bonds. The number of nitrogens with zero attached hydrogens (tertiary/aromatic N) is 4. The molecule has 0 saturated carbocycles. The highest BCUT2D eigenvalue weighted by molar-refractivity contribution is 5.92. The van der Waals surface area contributed by atoms with Crippen molar-refractivity contribution < 1.29 is 9.59 Å². The van der Waals surface area contributed by atoms with Gasteiger partial charge in [0.05, 0.1) is 6.20 Å². The molecule has 0 aliphatic carbocycles. The van der Waals surface area contributed by atoms with Gasteiger partial charge in [0.25, 0.3) is 5.91 Å². The van der Waals surface area contributed by atoms with Gasteiger partial charge < -0.3 is 20.1 Å². The molecule has 8 heteroatoms. The molecule has 1 saturated heterocycles. The maximum absolute atomic E-state index is 12.7. The average molecular weight is 396 g/mol. The minimum atomic E-state index is -0.129. The van der Waals surface area contributed by atoms with Gasteiger partial charge in [-0.3, -0.25) is 9.69 Å². The fourth-order valence-electron chi connectivity index (χ4n) is 4.00. The fourth-order valence-corrected chi connectivity index (χ4v) is 4.00. The molecule has 0 bridgehead atoms. The lowest BCUT2D eigenvalue weighted by atomic mass is 10.1. The Bertz CT molecular complexity index is 893. The van der Waals surface area contributed by atoms with E-state index in [0.29, 0.717) is 31.9 Å². The standard InChI is InChI=1S/C21H28N6O2/c1-16-3-2-4-17(13-16)15-25-8-5-19-24-14-18(27(19)12-11-25)20(28)22-6-9-26-10-7-23-21(26)29/h2-4,13-14H,5-12,15H2,1H3,(H,22,28)(H,23,29). The number of benzene rings is 1. The highest BCUT2D eigenvalue weighted by atomic mass is 16.2. The summed E-state index contributed by atoms with van der Waals surface area (Å²) >= 11 is 0. The van der Waals surface area contributed by atoms with E-state index >= 15 is 0 Å². The zero-order valence-electron chi connectivity index (χ0n) is 16.9. The first-order valence-corrected chi connectivity index (χ1v) is 10.2. The molecular weight excluding hydrogens is 368 g/mol. The third-order valence-electron chi connectivity index (χ3n) is 5.56. The van der Waals surface area contributed by atoms with Crippen LogP contribution in [0.5, 0.6) is 0 Å². The van der Waals surface area contributed by atoms with Crippen molar-refractivity contribution in [3.63, 3.8) is 0 Å². The maximum atomic E-state index is 12.7. The number of nitrogens with one attached hydrogen (secondary N) is 2. The van der Waals surface area contributed by atoms with Gasteiger partial charge in [-0.25, -0.2) is 9.78 Å². The molecule has 1 fully saturated rings. The molecule has 0 radical (unpaired) electrons. The molecule has 2 N–H and O–H groups in total. The first kappa shape index (κ1) is 19.4. The van der Waals surface area contributed by atoms with Crippen LogP contribution in [-0.2, 0) is 19.5 Å². The zero-order valence-corrected chi connectivity index (χ0v) is 16.9. The molecule has 29 heavy (non-hydrogen) atoms. The Morgan fingerprint density at radius 2 is 2.14 bits per heavy atom. The Morgan fingerprint density at radius 1 is 1.24 bits per heavy atom. The van der Waals surface area contributed by atoms with Gasteiger partial charge in [0.1, 0.15) is 11.5 Å². The Morgan fingerprint density at radius 3 is 2.93 bits per heavy atom. The van der Waals surface area contributed by atoms with Crippen molar-refractivity contribution >= 4 is 11.9 Å². The topological polar surface area (TPSA) is 82.5 Å². The van der Waals surface area contributed by atoms with Gasteiger partial charge in [0, 0.05) is 58.8 Å². The zero-order chi connectivity index (χ0) is 20.2. The lowest BCUT2D eigenvalue weighted by molar-refractivity contribution is 0.0940. The number of carbonyl (C=O) groups is 2. The number of rotatable bonds is 6. The van der Waals surface area contributed by atoms with Gasteiger partial charge in [-0.05, 0) is 12.5 Å². The summed E-state index contributed by atoms with van der Waals surface area (Å²) in [7, 11) is 0. The van der Waals surface area contributed by atoms with E-state index in [-0.39, 0.29) is 11.9 Å². The Balaban J connectivity index is 1.33. The predicted molar refractivity (Wildman–Crippen MR) is 110 cm³/mol. The summed E-state index contributed by atoms with van der Waals surface area (Å²) in [6.07, 6.45) is 2.50. The highest BCUT2D eigenvalue weighted by Crippen LogP contribution is 2.14. The summed E-state index contributed by atoms with van der Waals surface area (Å²) in [6, 6.07) is 8.54. The molecule has 2 aliphatic heterocycles. The number of imidazole rings is 1. The molecule has 3 heterocycles. The lowest BCUT2D eigenvalue weighted by Crippen LogP contribution is -2.37. The number of hydrogen-bond acceptors (Lipinski definition) is 4. The van der Waals surface area contributed by atoms with Crippen molar-refractivity contribution in [3.05, 3.63) is 53.1 Å². The van der Waals surface area contributed by atoms with E-state index in [1.54, 1.807) is 11.1 Å². The van der Waals surface area contributed by atoms with Crippen molar-refractivity contribution in [1.29, 1.82) is 0 Å². The van der Waals surface area contributed by atoms with Crippen LogP contribution in [0.1, 0.15) is 27.4 Å². The van der Waals surface area contributed by atoms with Crippen LogP contribution in [-0.4, -0.2) is 70.6 Å². The number of amides is 3. The van der Waals surface area contributed by atoms with Gasteiger partial charge in [0.15, 0.2) is 0 Å². The van der Waals surface area contributed by atoms with Crippen LogP contribution >= 0.6 is 0 Å². The van der Waals surface area contributed by atoms with Gasteiger partial charge in [-0.2, -0.15) is 0 Å². The van der Waals surface area contributed by atoms with Crippen LogP contribution in [0.3, 0.4) is 0 Å². The number of aryl methyl sites for hydroxylation is 1. The minimum Gasteiger partial charge on any atom is -0.349 e. The largest absolute Gasteiger partial charge is 0.349 e. The number of fused-ring (bicyclic) bond motifs is 1. The molecule has 0 atom stereocenters. The molecule has 0 unspecified atom stereocenters. The van der Waals surface area contributed by atoms with E-state index in [4.69, 9.17) is 0 Å². The summed E-state index contributed by atoms with van der Waals surface area (Å²) in [6.45, 7) is 7.89. The summed E-state index contributed by atoms with van der Waals surface area (Å²) in [4.78, 5) is 32.8. The first-order chi connectivity index (χ1) is 14.1. The lowest BCUT2D eigenvalue weighted by Gasteiger charge is -2.20. The smallest absolute Gasteiger partial charge is 0.317 e. The van der Waals surface area contributed by atoms with Crippen molar-refractivity contribution in [3.8, 4) is 0 Å². The van der Waals surface area contributed by atoms with E-state index in [0.717, 1.165) is 38.4 Å². The molecule has 0 spiro atoms. The SMILES string of the molecule is Cc1cccc(CN2CCc3ncc(C(=O)NCCN4CCNC4=O)n3CC2)c1.